The summed E-state index contributed by atoms with van der Waals surface area (Å²) in [4.78, 5) is 38.1. The van der Waals surface area contributed by atoms with Gasteiger partial charge in [0.15, 0.2) is 0 Å². The standard InChI is InChI=1S/C26H22ClN5O5/c1-14-8-17(24(34)28-13-16-4-3-5-18(33)9-16)12-19(27)23(14)25(35)29-22(26(36)37-2)11-15-6-7-20-21(10-15)31-32-30-20/h3-12,33H,13H2,1-2H3,(H,28,34)(H,29,35)(H,30,31,32). The van der Waals surface area contributed by atoms with Gasteiger partial charge in [-0.2, -0.15) is 15.4 Å². The predicted molar refractivity (Wildman–Crippen MR) is 137 cm³/mol. The molecule has 10 nitrogen and oxygen atoms in total. The lowest BCUT2D eigenvalue weighted by molar-refractivity contribution is -0.136. The van der Waals surface area contributed by atoms with Crippen molar-refractivity contribution in [2.75, 3.05) is 7.11 Å². The van der Waals surface area contributed by atoms with Crippen LogP contribution in [0.1, 0.15) is 37.4 Å². The number of fused-ring (bicyclic) bond motifs is 1. The number of amides is 2. The van der Waals surface area contributed by atoms with Crippen LogP contribution in [-0.4, -0.2) is 45.4 Å². The number of rotatable bonds is 7. The molecule has 1 heterocycles. The van der Waals surface area contributed by atoms with Gasteiger partial charge in [0.1, 0.15) is 22.5 Å². The molecule has 0 saturated carbocycles. The van der Waals surface area contributed by atoms with E-state index in [1.54, 1.807) is 43.3 Å². The number of hydrogen-bond acceptors (Lipinski definition) is 7. The number of nitrogens with one attached hydrogen (secondary N) is 3. The lowest BCUT2D eigenvalue weighted by Crippen LogP contribution is -2.29. The van der Waals surface area contributed by atoms with E-state index in [1.165, 1.54) is 31.4 Å². The lowest BCUT2D eigenvalue weighted by Gasteiger charge is -2.13. The Morgan fingerprint density at radius 1 is 1.05 bits per heavy atom. The number of esters is 1. The Bertz CT molecular complexity index is 1520. The lowest BCUT2D eigenvalue weighted by atomic mass is 10.0. The van der Waals surface area contributed by atoms with E-state index >= 15 is 0 Å². The number of aryl methyl sites for hydroxylation is 1. The number of benzene rings is 3. The van der Waals surface area contributed by atoms with Crippen LogP contribution in [-0.2, 0) is 16.1 Å². The molecule has 0 unspecified atom stereocenters. The molecular formula is C26H22ClN5O5. The van der Waals surface area contributed by atoms with Crippen LogP contribution >= 0.6 is 11.6 Å². The van der Waals surface area contributed by atoms with Crippen LogP contribution in [0.3, 0.4) is 0 Å². The van der Waals surface area contributed by atoms with E-state index in [1.807, 2.05) is 0 Å². The summed E-state index contributed by atoms with van der Waals surface area (Å²) in [6.45, 7) is 1.83. The van der Waals surface area contributed by atoms with Crippen molar-refractivity contribution in [3.05, 3.63) is 93.1 Å². The number of phenols is 1. The number of hydrogen-bond donors (Lipinski definition) is 4. The number of methoxy groups -OCH3 is 1. The molecule has 4 N–H and O–H groups in total. The number of aromatic amines is 1. The highest BCUT2D eigenvalue weighted by Crippen LogP contribution is 2.23. The Hall–Kier alpha value is -4.70. The molecule has 2 amide bonds. The summed E-state index contributed by atoms with van der Waals surface area (Å²) in [5, 5.41) is 25.4. The number of ether oxygens (including phenoxy) is 1. The molecule has 4 rings (SSSR count). The number of phenolic OH excluding ortho intramolecular Hbond substituents is 1. The highest BCUT2D eigenvalue weighted by molar-refractivity contribution is 6.34. The molecule has 1 aromatic heterocycles. The van der Waals surface area contributed by atoms with Crippen LogP contribution in [0.2, 0.25) is 5.02 Å². The second kappa shape index (κ2) is 10.9. The smallest absolute Gasteiger partial charge is 0.354 e. The molecule has 0 aliphatic rings. The van der Waals surface area contributed by atoms with E-state index in [0.29, 0.717) is 22.2 Å². The van der Waals surface area contributed by atoms with Crippen LogP contribution in [0.15, 0.2) is 60.3 Å². The number of carbonyl (C=O) groups is 3. The van der Waals surface area contributed by atoms with Gasteiger partial charge in [-0.15, -0.1) is 0 Å². The van der Waals surface area contributed by atoms with Gasteiger partial charge in [0.2, 0.25) is 0 Å². The zero-order chi connectivity index (χ0) is 26.5. The number of aromatic hydroxyl groups is 1. The van der Waals surface area contributed by atoms with Gasteiger partial charge in [-0.1, -0.05) is 29.8 Å². The zero-order valence-electron chi connectivity index (χ0n) is 19.8. The van der Waals surface area contributed by atoms with Gasteiger partial charge in [-0.25, -0.2) is 4.79 Å². The van der Waals surface area contributed by atoms with Gasteiger partial charge < -0.3 is 20.5 Å². The van der Waals surface area contributed by atoms with E-state index in [9.17, 15) is 19.5 Å². The number of H-pyrrole nitrogens is 1. The maximum absolute atomic E-state index is 13.1. The van der Waals surface area contributed by atoms with Gasteiger partial charge in [0, 0.05) is 12.1 Å². The molecule has 11 heteroatoms. The minimum absolute atomic E-state index is 0.0354. The quantitative estimate of drug-likeness (QED) is 0.216. The average molecular weight is 520 g/mol. The maximum atomic E-state index is 13.1. The summed E-state index contributed by atoms with van der Waals surface area (Å²) in [7, 11) is 1.20. The summed E-state index contributed by atoms with van der Waals surface area (Å²) in [6.07, 6.45) is 1.45. The third-order valence-electron chi connectivity index (χ3n) is 5.45. The first-order chi connectivity index (χ1) is 17.7. The van der Waals surface area contributed by atoms with Gasteiger partial charge in [-0.05, 0) is 66.1 Å². The first-order valence-electron chi connectivity index (χ1n) is 11.0. The molecule has 188 valence electrons. The number of nitrogens with zero attached hydrogens (tertiary/aromatic N) is 2. The second-order valence-electron chi connectivity index (χ2n) is 8.08. The molecule has 0 saturated heterocycles. The van der Waals surface area contributed by atoms with Gasteiger partial charge in [0.25, 0.3) is 11.8 Å². The van der Waals surface area contributed by atoms with Gasteiger partial charge in [-0.3, -0.25) is 9.59 Å². The fourth-order valence-electron chi connectivity index (χ4n) is 3.67. The Kier molecular flexibility index (Phi) is 7.49. The third-order valence-corrected chi connectivity index (χ3v) is 5.74. The average Bonchev–Trinajstić information content (AvgIpc) is 3.34. The summed E-state index contributed by atoms with van der Waals surface area (Å²) in [5.74, 6) is -1.71. The highest BCUT2D eigenvalue weighted by atomic mass is 35.5. The Balaban J connectivity index is 1.53. The summed E-state index contributed by atoms with van der Waals surface area (Å²) < 4.78 is 4.82. The molecule has 0 fully saturated rings. The van der Waals surface area contributed by atoms with Crippen molar-refractivity contribution in [3.8, 4) is 5.75 Å². The molecule has 0 aliphatic heterocycles. The van der Waals surface area contributed by atoms with Crippen LogP contribution in [0, 0.1) is 6.92 Å². The third kappa shape index (κ3) is 5.93. The van der Waals surface area contributed by atoms with Crippen LogP contribution in [0.5, 0.6) is 5.75 Å². The van der Waals surface area contributed by atoms with Crippen molar-refractivity contribution in [3.63, 3.8) is 0 Å². The normalized spacial score (nSPS) is 11.3. The monoisotopic (exact) mass is 519 g/mol. The topological polar surface area (TPSA) is 146 Å². The minimum Gasteiger partial charge on any atom is -0.508 e. The van der Waals surface area contributed by atoms with Crippen LogP contribution < -0.4 is 10.6 Å². The van der Waals surface area contributed by atoms with Crippen molar-refractivity contribution < 1.29 is 24.2 Å². The zero-order valence-corrected chi connectivity index (χ0v) is 20.6. The first kappa shape index (κ1) is 25.4. The molecular weight excluding hydrogens is 498 g/mol. The van der Waals surface area contributed by atoms with Crippen LogP contribution in [0.4, 0.5) is 0 Å². The highest BCUT2D eigenvalue weighted by Gasteiger charge is 2.21. The maximum Gasteiger partial charge on any atom is 0.354 e. The summed E-state index contributed by atoms with van der Waals surface area (Å²) in [5.41, 5.74) is 3.22. The molecule has 37 heavy (non-hydrogen) atoms. The number of carbonyl (C=O) groups excluding carboxylic acids is 3. The molecule has 0 radical (unpaired) electrons. The predicted octanol–water partition coefficient (Wildman–Crippen LogP) is 3.50. The van der Waals surface area contributed by atoms with Crippen molar-refractivity contribution in [2.24, 2.45) is 0 Å². The van der Waals surface area contributed by atoms with Gasteiger partial charge in [0.05, 0.1) is 17.7 Å². The van der Waals surface area contributed by atoms with E-state index in [-0.39, 0.29) is 34.1 Å². The minimum atomic E-state index is -0.759. The van der Waals surface area contributed by atoms with E-state index in [0.717, 1.165) is 5.56 Å². The van der Waals surface area contributed by atoms with Crippen molar-refractivity contribution in [2.45, 2.75) is 13.5 Å². The largest absolute Gasteiger partial charge is 0.508 e. The molecule has 0 aliphatic carbocycles. The van der Waals surface area contributed by atoms with E-state index < -0.39 is 17.8 Å². The Morgan fingerprint density at radius 2 is 1.84 bits per heavy atom. The fourth-order valence-corrected chi connectivity index (χ4v) is 4.02. The molecule has 0 atom stereocenters. The number of halogens is 1. The van der Waals surface area contributed by atoms with Crippen molar-refractivity contribution in [1.82, 2.24) is 26.0 Å². The SMILES string of the molecule is COC(=O)C(=Cc1ccc2n[nH]nc2c1)NC(=O)c1c(C)cc(C(=O)NCc2cccc(O)c2)cc1Cl. The van der Waals surface area contributed by atoms with E-state index in [4.69, 9.17) is 16.3 Å². The molecule has 0 spiro atoms. The number of aromatic nitrogens is 3. The molecule has 4 aromatic rings. The molecule has 3 aromatic carbocycles. The molecule has 0 bridgehead atoms. The Labute approximate surface area is 216 Å². The summed E-state index contributed by atoms with van der Waals surface area (Å²) >= 11 is 6.39. The van der Waals surface area contributed by atoms with Gasteiger partial charge >= 0.3 is 5.97 Å². The van der Waals surface area contributed by atoms with E-state index in [2.05, 4.69) is 26.0 Å². The summed E-state index contributed by atoms with van der Waals surface area (Å²) in [6, 6.07) is 14.5. The fraction of sp³-hybridized carbons (Fsp3) is 0.115. The second-order valence-corrected chi connectivity index (χ2v) is 8.49. The Morgan fingerprint density at radius 3 is 2.57 bits per heavy atom. The van der Waals surface area contributed by atoms with Crippen molar-refractivity contribution >= 4 is 46.5 Å². The van der Waals surface area contributed by atoms with Crippen molar-refractivity contribution in [1.29, 1.82) is 0 Å². The first-order valence-corrected chi connectivity index (χ1v) is 11.4. The van der Waals surface area contributed by atoms with Crippen LogP contribution in [0.25, 0.3) is 17.1 Å².